The van der Waals surface area contributed by atoms with Gasteiger partial charge < -0.3 is 10.1 Å². The average Bonchev–Trinajstić information content (AvgIpc) is 3.21. The van der Waals surface area contributed by atoms with Crippen molar-refractivity contribution >= 4 is 16.7 Å². The van der Waals surface area contributed by atoms with E-state index in [4.69, 9.17) is 4.74 Å². The summed E-state index contributed by atoms with van der Waals surface area (Å²) in [5.41, 5.74) is 2.60. The first-order valence-electron chi connectivity index (χ1n) is 8.05. The standard InChI is InChI=1S/C19H16FN5O/c1-26-18-9-15-17(10-16(18)20)22-12-23-19(15)21-11-13-3-5-14(6-4-13)25-8-2-7-24-25/h2-10,12H,11H2,1H3,(H,21,22,23). The number of methoxy groups -OCH3 is 1. The van der Waals surface area contributed by atoms with Crippen LogP contribution in [0.15, 0.2) is 61.2 Å². The van der Waals surface area contributed by atoms with Gasteiger partial charge in [-0.05, 0) is 29.8 Å². The lowest BCUT2D eigenvalue weighted by Gasteiger charge is -2.10. The number of halogens is 1. The zero-order chi connectivity index (χ0) is 17.9. The molecule has 2 aromatic carbocycles. The molecule has 0 aliphatic carbocycles. The Kier molecular flexibility index (Phi) is 4.18. The second kappa shape index (κ2) is 6.79. The van der Waals surface area contributed by atoms with Crippen LogP contribution in [-0.4, -0.2) is 26.9 Å². The summed E-state index contributed by atoms with van der Waals surface area (Å²) in [6.45, 7) is 0.575. The van der Waals surface area contributed by atoms with Crippen LogP contribution in [0.25, 0.3) is 16.6 Å². The SMILES string of the molecule is COc1cc2c(NCc3ccc(-n4cccn4)cc3)ncnc2cc1F. The summed E-state index contributed by atoms with van der Waals surface area (Å²) in [7, 11) is 1.43. The number of rotatable bonds is 5. The lowest BCUT2D eigenvalue weighted by Crippen LogP contribution is -2.03. The Morgan fingerprint density at radius 2 is 2.00 bits per heavy atom. The van der Waals surface area contributed by atoms with Crippen LogP contribution in [0.5, 0.6) is 5.75 Å². The highest BCUT2D eigenvalue weighted by atomic mass is 19.1. The zero-order valence-electron chi connectivity index (χ0n) is 14.1. The molecule has 0 fully saturated rings. The molecule has 0 bridgehead atoms. The minimum Gasteiger partial charge on any atom is -0.494 e. The van der Waals surface area contributed by atoms with Crippen LogP contribution in [-0.2, 0) is 6.54 Å². The molecule has 0 aliphatic rings. The summed E-state index contributed by atoms with van der Waals surface area (Å²) in [5.74, 6) is 0.349. The minimum absolute atomic E-state index is 0.166. The Hall–Kier alpha value is -3.48. The molecule has 0 atom stereocenters. The molecule has 2 aromatic heterocycles. The smallest absolute Gasteiger partial charge is 0.167 e. The first kappa shape index (κ1) is 16.0. The van der Waals surface area contributed by atoms with Gasteiger partial charge in [0.15, 0.2) is 11.6 Å². The molecule has 0 saturated heterocycles. The minimum atomic E-state index is -0.445. The van der Waals surface area contributed by atoms with E-state index in [-0.39, 0.29) is 5.75 Å². The fraction of sp³-hybridized carbons (Fsp3) is 0.105. The van der Waals surface area contributed by atoms with E-state index in [1.807, 2.05) is 36.5 Å². The Morgan fingerprint density at radius 3 is 2.73 bits per heavy atom. The predicted octanol–water partition coefficient (Wildman–Crippen LogP) is 3.58. The molecule has 0 unspecified atom stereocenters. The van der Waals surface area contributed by atoms with E-state index < -0.39 is 5.82 Å². The molecule has 4 rings (SSSR count). The van der Waals surface area contributed by atoms with Gasteiger partial charge in [0, 0.05) is 30.4 Å². The Balaban J connectivity index is 1.56. The molecule has 130 valence electrons. The number of anilines is 1. The first-order valence-corrected chi connectivity index (χ1v) is 8.05. The Bertz CT molecular complexity index is 1030. The van der Waals surface area contributed by atoms with E-state index >= 15 is 0 Å². The van der Waals surface area contributed by atoms with Gasteiger partial charge in [0.1, 0.15) is 12.1 Å². The van der Waals surface area contributed by atoms with Crippen LogP contribution in [0.3, 0.4) is 0 Å². The number of aromatic nitrogens is 4. The molecule has 1 N–H and O–H groups in total. The van der Waals surface area contributed by atoms with E-state index in [1.54, 1.807) is 16.9 Å². The summed E-state index contributed by atoms with van der Waals surface area (Å²) >= 11 is 0. The molecule has 0 aliphatic heterocycles. The topological polar surface area (TPSA) is 64.9 Å². The monoisotopic (exact) mass is 349 g/mol. The van der Waals surface area contributed by atoms with Crippen molar-refractivity contribution in [2.24, 2.45) is 0 Å². The fourth-order valence-electron chi connectivity index (χ4n) is 2.73. The zero-order valence-corrected chi connectivity index (χ0v) is 14.1. The van der Waals surface area contributed by atoms with Crippen LogP contribution >= 0.6 is 0 Å². The van der Waals surface area contributed by atoms with Crippen LogP contribution in [0.2, 0.25) is 0 Å². The molecule has 0 radical (unpaired) electrons. The maximum absolute atomic E-state index is 13.8. The number of benzene rings is 2. The summed E-state index contributed by atoms with van der Waals surface area (Å²) in [4.78, 5) is 8.39. The van der Waals surface area contributed by atoms with Crippen molar-refractivity contribution in [2.75, 3.05) is 12.4 Å². The molecule has 6 nitrogen and oxygen atoms in total. The summed E-state index contributed by atoms with van der Waals surface area (Å²) in [6.07, 6.45) is 5.05. The largest absolute Gasteiger partial charge is 0.494 e. The third kappa shape index (κ3) is 3.06. The van der Waals surface area contributed by atoms with Crippen molar-refractivity contribution in [1.29, 1.82) is 0 Å². The second-order valence-corrected chi connectivity index (χ2v) is 5.70. The van der Waals surface area contributed by atoms with Crippen molar-refractivity contribution in [3.63, 3.8) is 0 Å². The van der Waals surface area contributed by atoms with Gasteiger partial charge in [-0.1, -0.05) is 12.1 Å². The van der Waals surface area contributed by atoms with Crippen LogP contribution in [0.4, 0.5) is 10.2 Å². The summed E-state index contributed by atoms with van der Waals surface area (Å²) < 4.78 is 20.7. The molecular formula is C19H16FN5O. The fourth-order valence-corrected chi connectivity index (χ4v) is 2.73. The van der Waals surface area contributed by atoms with Crippen LogP contribution in [0, 0.1) is 5.82 Å². The molecule has 4 aromatic rings. The number of hydrogen-bond donors (Lipinski definition) is 1. The third-order valence-electron chi connectivity index (χ3n) is 4.07. The molecule has 7 heteroatoms. The maximum Gasteiger partial charge on any atom is 0.167 e. The van der Waals surface area contributed by atoms with Gasteiger partial charge in [-0.15, -0.1) is 0 Å². The predicted molar refractivity (Wildman–Crippen MR) is 96.9 cm³/mol. The van der Waals surface area contributed by atoms with Crippen molar-refractivity contribution in [3.8, 4) is 11.4 Å². The van der Waals surface area contributed by atoms with Gasteiger partial charge in [-0.25, -0.2) is 19.0 Å². The highest BCUT2D eigenvalue weighted by molar-refractivity contribution is 5.90. The van der Waals surface area contributed by atoms with Crippen LogP contribution < -0.4 is 10.1 Å². The molecule has 0 spiro atoms. The molecule has 26 heavy (non-hydrogen) atoms. The normalized spacial score (nSPS) is 10.8. The van der Waals surface area contributed by atoms with E-state index in [0.29, 0.717) is 23.3 Å². The number of nitrogens with one attached hydrogen (secondary N) is 1. The van der Waals surface area contributed by atoms with Crippen molar-refractivity contribution < 1.29 is 9.13 Å². The molecule has 0 amide bonds. The lowest BCUT2D eigenvalue weighted by molar-refractivity contribution is 0.387. The second-order valence-electron chi connectivity index (χ2n) is 5.70. The summed E-state index contributed by atoms with van der Waals surface area (Å²) in [6, 6.07) is 12.9. The van der Waals surface area contributed by atoms with Crippen molar-refractivity contribution in [1.82, 2.24) is 19.7 Å². The lowest BCUT2D eigenvalue weighted by atomic mass is 10.2. The van der Waals surface area contributed by atoms with E-state index in [9.17, 15) is 4.39 Å². The van der Waals surface area contributed by atoms with Gasteiger partial charge in [0.25, 0.3) is 0 Å². The number of ether oxygens (including phenoxy) is 1. The molecule has 2 heterocycles. The number of hydrogen-bond acceptors (Lipinski definition) is 5. The molecule has 0 saturated carbocycles. The van der Waals surface area contributed by atoms with Gasteiger partial charge in [-0.3, -0.25) is 0 Å². The van der Waals surface area contributed by atoms with Gasteiger partial charge in [-0.2, -0.15) is 5.10 Å². The third-order valence-corrected chi connectivity index (χ3v) is 4.07. The highest BCUT2D eigenvalue weighted by Gasteiger charge is 2.10. The van der Waals surface area contributed by atoms with E-state index in [0.717, 1.165) is 11.3 Å². The number of nitrogens with zero attached hydrogens (tertiary/aromatic N) is 4. The Labute approximate surface area is 149 Å². The average molecular weight is 349 g/mol. The van der Waals surface area contributed by atoms with Crippen molar-refractivity contribution in [2.45, 2.75) is 6.54 Å². The van der Waals surface area contributed by atoms with Crippen LogP contribution in [0.1, 0.15) is 5.56 Å². The molecular weight excluding hydrogens is 333 g/mol. The summed E-state index contributed by atoms with van der Waals surface area (Å²) in [5, 5.41) is 8.19. The van der Waals surface area contributed by atoms with Gasteiger partial charge >= 0.3 is 0 Å². The number of fused-ring (bicyclic) bond motifs is 1. The van der Waals surface area contributed by atoms with E-state index in [2.05, 4.69) is 20.4 Å². The first-order chi connectivity index (χ1) is 12.7. The van der Waals surface area contributed by atoms with Crippen molar-refractivity contribution in [3.05, 3.63) is 72.6 Å². The quantitative estimate of drug-likeness (QED) is 0.597. The van der Waals surface area contributed by atoms with Gasteiger partial charge in [0.05, 0.1) is 18.3 Å². The van der Waals surface area contributed by atoms with Gasteiger partial charge in [0.2, 0.25) is 0 Å². The highest BCUT2D eigenvalue weighted by Crippen LogP contribution is 2.27. The van der Waals surface area contributed by atoms with E-state index in [1.165, 1.54) is 19.5 Å². The maximum atomic E-state index is 13.8. The Morgan fingerprint density at radius 1 is 1.15 bits per heavy atom.